The van der Waals surface area contributed by atoms with Crippen LogP contribution in [0.5, 0.6) is 5.75 Å². The number of carbonyl (C=O) groups excluding carboxylic acids is 1. The first-order valence-electron chi connectivity index (χ1n) is 11.7. The summed E-state index contributed by atoms with van der Waals surface area (Å²) in [5.41, 5.74) is 8.71. The summed E-state index contributed by atoms with van der Waals surface area (Å²) in [6, 6.07) is 4.31. The molecule has 180 valence electrons. The molecule has 3 rings (SSSR count). The Bertz CT molecular complexity index is 787. The SMILES string of the molecule is CCc1cc(N)c(OC)cc1N1CCC(N2CCN(C(=O)OC(C)(C)C)[C@H](CO)C2)CC1. The Balaban J connectivity index is 1.61. The molecule has 0 bridgehead atoms. The van der Waals surface area contributed by atoms with Gasteiger partial charge in [-0.3, -0.25) is 4.90 Å². The van der Waals surface area contributed by atoms with E-state index in [1.807, 2.05) is 26.8 Å². The van der Waals surface area contributed by atoms with Gasteiger partial charge in [0.05, 0.1) is 25.4 Å². The largest absolute Gasteiger partial charge is 0.495 e. The second-order valence-corrected chi connectivity index (χ2v) is 9.80. The van der Waals surface area contributed by atoms with Gasteiger partial charge >= 0.3 is 6.09 Å². The Labute approximate surface area is 192 Å². The van der Waals surface area contributed by atoms with Gasteiger partial charge < -0.3 is 30.1 Å². The van der Waals surface area contributed by atoms with Crippen molar-refractivity contribution in [3.8, 4) is 5.75 Å². The molecule has 1 atom stereocenters. The van der Waals surface area contributed by atoms with Crippen molar-refractivity contribution in [1.29, 1.82) is 0 Å². The summed E-state index contributed by atoms with van der Waals surface area (Å²) in [6.45, 7) is 11.7. The number of aliphatic hydroxyl groups is 1. The topological polar surface area (TPSA) is 91.5 Å². The monoisotopic (exact) mass is 448 g/mol. The Hall–Kier alpha value is -2.19. The molecule has 0 spiro atoms. The standard InChI is InChI=1S/C24H40N4O4/c1-6-17-13-20(25)22(31-5)14-21(17)26-9-7-18(8-10-26)27-11-12-28(19(15-27)16-29)23(30)32-24(2,3)4/h13-14,18-19,29H,6-12,15-16,25H2,1-5H3/t19-/m0/s1. The molecule has 0 unspecified atom stereocenters. The smallest absolute Gasteiger partial charge is 0.410 e. The molecule has 2 aliphatic heterocycles. The minimum atomic E-state index is -0.539. The first kappa shape index (κ1) is 24.5. The van der Waals surface area contributed by atoms with Crippen LogP contribution in [0.15, 0.2) is 12.1 Å². The molecule has 2 aliphatic rings. The molecule has 3 N–H and O–H groups in total. The number of hydrogen-bond acceptors (Lipinski definition) is 7. The fourth-order valence-electron chi connectivity index (χ4n) is 4.79. The summed E-state index contributed by atoms with van der Waals surface area (Å²) >= 11 is 0. The molecular weight excluding hydrogens is 408 g/mol. The van der Waals surface area contributed by atoms with E-state index in [-0.39, 0.29) is 18.7 Å². The number of ether oxygens (including phenoxy) is 2. The Kier molecular flexibility index (Phi) is 7.77. The summed E-state index contributed by atoms with van der Waals surface area (Å²) in [7, 11) is 1.65. The van der Waals surface area contributed by atoms with Gasteiger partial charge in [0.15, 0.2) is 0 Å². The van der Waals surface area contributed by atoms with Gasteiger partial charge in [-0.15, -0.1) is 0 Å². The van der Waals surface area contributed by atoms with Crippen LogP contribution in [0.1, 0.15) is 46.1 Å². The molecule has 1 amide bonds. The highest BCUT2D eigenvalue weighted by molar-refractivity contribution is 5.69. The number of nitrogens with two attached hydrogens (primary N) is 1. The van der Waals surface area contributed by atoms with Gasteiger partial charge in [-0.1, -0.05) is 6.92 Å². The predicted octanol–water partition coefficient (Wildman–Crippen LogP) is 2.72. The number of nitrogen functional groups attached to an aromatic ring is 1. The Morgan fingerprint density at radius 2 is 1.88 bits per heavy atom. The average molecular weight is 449 g/mol. The van der Waals surface area contributed by atoms with Crippen molar-refractivity contribution >= 4 is 17.5 Å². The second-order valence-electron chi connectivity index (χ2n) is 9.80. The van der Waals surface area contributed by atoms with Crippen LogP contribution in [0.2, 0.25) is 0 Å². The maximum absolute atomic E-state index is 12.6. The lowest BCUT2D eigenvalue weighted by molar-refractivity contribution is -0.0201. The summed E-state index contributed by atoms with van der Waals surface area (Å²) in [6.07, 6.45) is 2.67. The first-order chi connectivity index (χ1) is 15.2. The summed E-state index contributed by atoms with van der Waals surface area (Å²) in [4.78, 5) is 19.1. The molecule has 0 aliphatic carbocycles. The molecule has 0 radical (unpaired) electrons. The molecule has 8 heteroatoms. The fraction of sp³-hybridized carbons (Fsp3) is 0.708. The van der Waals surface area contributed by atoms with E-state index in [0.29, 0.717) is 24.8 Å². The number of carbonyl (C=O) groups is 1. The van der Waals surface area contributed by atoms with Crippen LogP contribution in [-0.4, -0.2) is 85.1 Å². The molecule has 0 aromatic heterocycles. The second kappa shape index (κ2) is 10.2. The Morgan fingerprint density at radius 1 is 1.19 bits per heavy atom. The van der Waals surface area contributed by atoms with Crippen molar-refractivity contribution in [1.82, 2.24) is 9.80 Å². The fourth-order valence-corrected chi connectivity index (χ4v) is 4.79. The van der Waals surface area contributed by atoms with Crippen LogP contribution in [0, 0.1) is 0 Å². The van der Waals surface area contributed by atoms with Gasteiger partial charge in [0.1, 0.15) is 11.4 Å². The average Bonchev–Trinajstić information content (AvgIpc) is 2.77. The number of benzene rings is 1. The normalized spacial score (nSPS) is 21.0. The third-order valence-corrected chi connectivity index (χ3v) is 6.49. The third kappa shape index (κ3) is 5.59. The molecule has 0 saturated carbocycles. The highest BCUT2D eigenvalue weighted by Gasteiger charge is 2.36. The van der Waals surface area contributed by atoms with E-state index >= 15 is 0 Å². The van der Waals surface area contributed by atoms with E-state index in [2.05, 4.69) is 22.8 Å². The van der Waals surface area contributed by atoms with Crippen molar-refractivity contribution in [3.05, 3.63) is 17.7 Å². The van der Waals surface area contributed by atoms with E-state index in [0.717, 1.165) is 44.6 Å². The Morgan fingerprint density at radius 3 is 2.44 bits per heavy atom. The molecule has 1 aromatic carbocycles. The summed E-state index contributed by atoms with van der Waals surface area (Å²) in [5, 5.41) is 9.94. The summed E-state index contributed by atoms with van der Waals surface area (Å²) < 4.78 is 11.0. The number of piperidine rings is 1. The first-order valence-corrected chi connectivity index (χ1v) is 11.7. The molecule has 8 nitrogen and oxygen atoms in total. The van der Waals surface area contributed by atoms with Gasteiger partial charge in [-0.2, -0.15) is 0 Å². The molecule has 1 aromatic rings. The van der Waals surface area contributed by atoms with Crippen LogP contribution in [0.25, 0.3) is 0 Å². The third-order valence-electron chi connectivity index (χ3n) is 6.49. The number of aliphatic hydroxyl groups excluding tert-OH is 1. The van der Waals surface area contributed by atoms with Crippen LogP contribution in [-0.2, 0) is 11.2 Å². The lowest BCUT2D eigenvalue weighted by Gasteiger charge is -2.46. The summed E-state index contributed by atoms with van der Waals surface area (Å²) in [5.74, 6) is 0.725. The van der Waals surface area contributed by atoms with E-state index in [9.17, 15) is 9.90 Å². The maximum Gasteiger partial charge on any atom is 0.410 e. The lowest BCUT2D eigenvalue weighted by atomic mass is 9.98. The van der Waals surface area contributed by atoms with Crippen molar-refractivity contribution in [2.75, 3.05) is 57.1 Å². The number of anilines is 2. The highest BCUT2D eigenvalue weighted by Crippen LogP contribution is 2.34. The van der Waals surface area contributed by atoms with Crippen molar-refractivity contribution in [3.63, 3.8) is 0 Å². The number of amides is 1. The van der Waals surface area contributed by atoms with Gasteiger partial charge in [0.2, 0.25) is 0 Å². The van der Waals surface area contributed by atoms with E-state index in [1.54, 1.807) is 12.0 Å². The van der Waals surface area contributed by atoms with Crippen molar-refractivity contribution in [2.24, 2.45) is 0 Å². The van der Waals surface area contributed by atoms with Crippen molar-refractivity contribution in [2.45, 2.75) is 64.6 Å². The number of aryl methyl sites for hydroxylation is 1. The molecule has 2 heterocycles. The van der Waals surface area contributed by atoms with Crippen LogP contribution in [0.3, 0.4) is 0 Å². The van der Waals surface area contributed by atoms with Crippen molar-refractivity contribution < 1.29 is 19.4 Å². The van der Waals surface area contributed by atoms with Crippen LogP contribution in [0.4, 0.5) is 16.2 Å². The van der Waals surface area contributed by atoms with E-state index < -0.39 is 5.60 Å². The number of rotatable bonds is 5. The molecule has 2 saturated heterocycles. The number of methoxy groups -OCH3 is 1. The van der Waals surface area contributed by atoms with Crippen LogP contribution >= 0.6 is 0 Å². The predicted molar refractivity (Wildman–Crippen MR) is 127 cm³/mol. The lowest BCUT2D eigenvalue weighted by Crippen LogP contribution is -2.60. The van der Waals surface area contributed by atoms with E-state index in [1.165, 1.54) is 11.3 Å². The molecule has 32 heavy (non-hydrogen) atoms. The number of piperazine rings is 1. The quantitative estimate of drug-likeness (QED) is 0.669. The molecular formula is C24H40N4O4. The van der Waals surface area contributed by atoms with Gasteiger partial charge in [0.25, 0.3) is 0 Å². The van der Waals surface area contributed by atoms with Crippen LogP contribution < -0.4 is 15.4 Å². The minimum absolute atomic E-state index is 0.0559. The van der Waals surface area contributed by atoms with Gasteiger partial charge in [-0.05, 0) is 51.7 Å². The number of nitrogens with zero attached hydrogens (tertiary/aromatic N) is 3. The maximum atomic E-state index is 12.6. The zero-order chi connectivity index (χ0) is 23.5. The minimum Gasteiger partial charge on any atom is -0.495 e. The van der Waals surface area contributed by atoms with Gasteiger partial charge in [-0.25, -0.2) is 4.79 Å². The van der Waals surface area contributed by atoms with Gasteiger partial charge in [0, 0.05) is 50.5 Å². The zero-order valence-electron chi connectivity index (χ0n) is 20.3. The molecule has 2 fully saturated rings. The highest BCUT2D eigenvalue weighted by atomic mass is 16.6. The number of hydrogen-bond donors (Lipinski definition) is 2. The van der Waals surface area contributed by atoms with E-state index in [4.69, 9.17) is 15.2 Å². The zero-order valence-corrected chi connectivity index (χ0v) is 20.3.